The first-order valence-corrected chi connectivity index (χ1v) is 10.0. The lowest BCUT2D eigenvalue weighted by molar-refractivity contribution is 0.0614. The molecule has 2 bridgehead atoms. The summed E-state index contributed by atoms with van der Waals surface area (Å²) in [7, 11) is -2.97. The molecule has 0 N–H and O–H groups in total. The second kappa shape index (κ2) is 4.79. The molecule has 0 aliphatic carbocycles. The van der Waals surface area contributed by atoms with Crippen molar-refractivity contribution in [2.45, 2.75) is 24.6 Å². The fourth-order valence-electron chi connectivity index (χ4n) is 3.57. The third-order valence-electron chi connectivity index (χ3n) is 4.73. The molecule has 7 heteroatoms. The molecule has 1 aromatic rings. The summed E-state index contributed by atoms with van der Waals surface area (Å²) in [6.07, 6.45) is 1.62. The Hall–Kier alpha value is -0.920. The van der Waals surface area contributed by atoms with Crippen LogP contribution in [-0.4, -0.2) is 62.1 Å². The van der Waals surface area contributed by atoms with E-state index in [0.717, 1.165) is 47.9 Å². The number of aryl methyl sites for hydroxylation is 1. The molecule has 1 aromatic heterocycles. The minimum atomic E-state index is -2.97. The third-order valence-corrected chi connectivity index (χ3v) is 7.53. The van der Waals surface area contributed by atoms with Crippen molar-refractivity contribution < 1.29 is 13.2 Å². The molecule has 3 aliphatic rings. The highest BCUT2D eigenvalue weighted by molar-refractivity contribution is 7.90. The number of piperazine rings is 1. The van der Waals surface area contributed by atoms with Crippen LogP contribution in [0.1, 0.15) is 26.5 Å². The van der Waals surface area contributed by atoms with E-state index in [9.17, 15) is 13.2 Å². The Morgan fingerprint density at radius 1 is 1.29 bits per heavy atom. The van der Waals surface area contributed by atoms with Gasteiger partial charge in [0, 0.05) is 37.1 Å². The number of hydrogen-bond donors (Lipinski definition) is 0. The van der Waals surface area contributed by atoms with Gasteiger partial charge in [-0.25, -0.2) is 8.42 Å². The molecule has 0 aromatic carbocycles. The number of amides is 1. The fraction of sp³-hybridized carbons (Fsp3) is 0.643. The Balaban J connectivity index is 1.59. The van der Waals surface area contributed by atoms with Gasteiger partial charge in [-0.15, -0.1) is 11.3 Å². The molecule has 2 fully saturated rings. The monoisotopic (exact) mass is 326 g/mol. The molecule has 4 heterocycles. The molecule has 3 aliphatic heterocycles. The van der Waals surface area contributed by atoms with Gasteiger partial charge in [-0.05, 0) is 24.5 Å². The summed E-state index contributed by atoms with van der Waals surface area (Å²) in [6.45, 7) is 3.84. The SMILES string of the molecule is O=C(c1cc2c(s1)CCS(=O)(=O)C2)N1CCN2CCC1C2. The number of rotatable bonds is 1. The maximum Gasteiger partial charge on any atom is 0.264 e. The molecule has 2 unspecified atom stereocenters. The molecular formula is C14H18N2O3S2. The third kappa shape index (κ3) is 2.41. The number of carbonyl (C=O) groups excluding carboxylic acids is 1. The van der Waals surface area contributed by atoms with Crippen LogP contribution in [0, 0.1) is 0 Å². The second-order valence-corrected chi connectivity index (χ2v) is 9.46. The van der Waals surface area contributed by atoms with Crippen LogP contribution >= 0.6 is 11.3 Å². The van der Waals surface area contributed by atoms with Crippen molar-refractivity contribution in [3.05, 3.63) is 21.4 Å². The van der Waals surface area contributed by atoms with Gasteiger partial charge in [0.1, 0.15) is 0 Å². The second-order valence-electron chi connectivity index (χ2n) is 6.14. The lowest BCUT2D eigenvalue weighted by Crippen LogP contribution is -2.49. The summed E-state index contributed by atoms with van der Waals surface area (Å²) in [4.78, 5) is 18.9. The molecule has 21 heavy (non-hydrogen) atoms. The van der Waals surface area contributed by atoms with Crippen molar-refractivity contribution in [3.63, 3.8) is 0 Å². The fourth-order valence-corrected chi connectivity index (χ4v) is 6.32. The number of sulfone groups is 1. The van der Waals surface area contributed by atoms with E-state index in [0.29, 0.717) is 12.5 Å². The summed E-state index contributed by atoms with van der Waals surface area (Å²) in [5, 5.41) is 0. The Bertz CT molecular complexity index is 695. The van der Waals surface area contributed by atoms with Gasteiger partial charge in [0.05, 0.1) is 16.4 Å². The van der Waals surface area contributed by atoms with Crippen LogP contribution in [0.25, 0.3) is 0 Å². The highest BCUT2D eigenvalue weighted by Crippen LogP contribution is 2.31. The van der Waals surface area contributed by atoms with Gasteiger partial charge >= 0.3 is 0 Å². The molecule has 1 amide bonds. The summed E-state index contributed by atoms with van der Waals surface area (Å²) < 4.78 is 23.4. The molecule has 114 valence electrons. The Labute approximate surface area is 128 Å². The first-order valence-electron chi connectivity index (χ1n) is 7.37. The number of hydrogen-bond acceptors (Lipinski definition) is 5. The van der Waals surface area contributed by atoms with Crippen LogP contribution in [0.15, 0.2) is 6.07 Å². The lowest BCUT2D eigenvalue weighted by Gasteiger charge is -2.34. The highest BCUT2D eigenvalue weighted by Gasteiger charge is 2.36. The molecule has 0 radical (unpaired) electrons. The Morgan fingerprint density at radius 3 is 3.00 bits per heavy atom. The predicted octanol–water partition coefficient (Wildman–Crippen LogP) is 0.749. The molecule has 0 spiro atoms. The minimum absolute atomic E-state index is 0.0957. The lowest BCUT2D eigenvalue weighted by atomic mass is 10.1. The Kier molecular flexibility index (Phi) is 3.13. The zero-order chi connectivity index (χ0) is 14.6. The maximum absolute atomic E-state index is 12.7. The van der Waals surface area contributed by atoms with Crippen molar-refractivity contribution in [3.8, 4) is 0 Å². The van der Waals surface area contributed by atoms with E-state index in [-0.39, 0.29) is 17.4 Å². The summed E-state index contributed by atoms with van der Waals surface area (Å²) in [5.74, 6) is 0.414. The summed E-state index contributed by atoms with van der Waals surface area (Å²) in [5.41, 5.74) is 0.847. The number of thiophene rings is 1. The van der Waals surface area contributed by atoms with Gasteiger partial charge in [-0.2, -0.15) is 0 Å². The first kappa shape index (κ1) is 13.7. The van der Waals surface area contributed by atoms with Crippen molar-refractivity contribution in [2.24, 2.45) is 0 Å². The molecule has 2 saturated heterocycles. The highest BCUT2D eigenvalue weighted by atomic mass is 32.2. The topological polar surface area (TPSA) is 57.7 Å². The van der Waals surface area contributed by atoms with Crippen molar-refractivity contribution in [2.75, 3.05) is 31.9 Å². The Morgan fingerprint density at radius 2 is 2.14 bits per heavy atom. The van der Waals surface area contributed by atoms with E-state index in [2.05, 4.69) is 4.90 Å². The average Bonchev–Trinajstić information content (AvgIpc) is 3.01. The predicted molar refractivity (Wildman–Crippen MR) is 81.4 cm³/mol. The van der Waals surface area contributed by atoms with E-state index < -0.39 is 9.84 Å². The van der Waals surface area contributed by atoms with Crippen molar-refractivity contribution >= 4 is 27.1 Å². The van der Waals surface area contributed by atoms with Crippen LogP contribution in [-0.2, 0) is 22.0 Å². The molecule has 0 saturated carbocycles. The number of fused-ring (bicyclic) bond motifs is 3. The maximum atomic E-state index is 12.7. The van der Waals surface area contributed by atoms with E-state index >= 15 is 0 Å². The number of carbonyl (C=O) groups is 1. The zero-order valence-electron chi connectivity index (χ0n) is 11.7. The quantitative estimate of drug-likeness (QED) is 0.764. The number of nitrogens with zero attached hydrogens (tertiary/aromatic N) is 2. The molecule has 2 atom stereocenters. The van der Waals surface area contributed by atoms with Crippen LogP contribution in [0.5, 0.6) is 0 Å². The smallest absolute Gasteiger partial charge is 0.264 e. The van der Waals surface area contributed by atoms with Gasteiger partial charge < -0.3 is 4.90 Å². The molecular weight excluding hydrogens is 308 g/mol. The average molecular weight is 326 g/mol. The normalized spacial score (nSPS) is 30.2. The van der Waals surface area contributed by atoms with E-state index in [4.69, 9.17) is 0 Å². The van der Waals surface area contributed by atoms with Gasteiger partial charge in [0.2, 0.25) is 0 Å². The van der Waals surface area contributed by atoms with E-state index in [1.54, 1.807) is 0 Å². The van der Waals surface area contributed by atoms with Crippen LogP contribution in [0.4, 0.5) is 0 Å². The van der Waals surface area contributed by atoms with E-state index in [1.165, 1.54) is 11.3 Å². The van der Waals surface area contributed by atoms with Gasteiger partial charge in [-0.1, -0.05) is 0 Å². The molecule has 5 nitrogen and oxygen atoms in total. The van der Waals surface area contributed by atoms with Crippen LogP contribution in [0.3, 0.4) is 0 Å². The largest absolute Gasteiger partial charge is 0.332 e. The zero-order valence-corrected chi connectivity index (χ0v) is 13.4. The molecule has 4 rings (SSSR count). The summed E-state index contributed by atoms with van der Waals surface area (Å²) in [6, 6.07) is 2.16. The minimum Gasteiger partial charge on any atom is -0.332 e. The van der Waals surface area contributed by atoms with Crippen LogP contribution in [0.2, 0.25) is 0 Å². The van der Waals surface area contributed by atoms with Crippen molar-refractivity contribution in [1.29, 1.82) is 0 Å². The first-order chi connectivity index (χ1) is 10.0. The standard InChI is InChI=1S/C14H18N2O3S2/c17-14(16-5-4-15-3-1-11(16)8-15)13-7-10-9-21(18,19)6-2-12(10)20-13/h7,11H,1-6,8-9H2. The van der Waals surface area contributed by atoms with Gasteiger partial charge in [0.15, 0.2) is 9.84 Å². The van der Waals surface area contributed by atoms with Crippen molar-refractivity contribution in [1.82, 2.24) is 9.80 Å². The summed E-state index contributed by atoms with van der Waals surface area (Å²) >= 11 is 1.49. The van der Waals surface area contributed by atoms with E-state index in [1.807, 2.05) is 11.0 Å². The van der Waals surface area contributed by atoms with Gasteiger partial charge in [-0.3, -0.25) is 9.69 Å². The van der Waals surface area contributed by atoms with Gasteiger partial charge in [0.25, 0.3) is 5.91 Å². The van der Waals surface area contributed by atoms with Crippen LogP contribution < -0.4 is 0 Å².